The second kappa shape index (κ2) is 1.67. The van der Waals surface area contributed by atoms with Gasteiger partial charge in [0.05, 0.1) is 0 Å². The lowest BCUT2D eigenvalue weighted by Crippen LogP contribution is -2.25. The number of fused-ring (bicyclic) bond motifs is 1. The van der Waals surface area contributed by atoms with Crippen LogP contribution in [0.15, 0.2) is 24.3 Å². The van der Waals surface area contributed by atoms with Gasteiger partial charge < -0.3 is 5.11 Å². The summed E-state index contributed by atoms with van der Waals surface area (Å²) in [6.07, 6.45) is -0.851. The van der Waals surface area contributed by atoms with Gasteiger partial charge in [-0.15, -0.1) is 0 Å². The third-order valence-electron chi connectivity index (χ3n) is 1.77. The van der Waals surface area contributed by atoms with Gasteiger partial charge in [0.1, 0.15) is 6.10 Å². The molecule has 1 aromatic rings. The maximum atomic E-state index is 10.8. The van der Waals surface area contributed by atoms with Crippen molar-refractivity contribution in [3.63, 3.8) is 0 Å². The molecule has 0 bridgehead atoms. The minimum absolute atomic E-state index is 0.157. The molecule has 1 aliphatic rings. The predicted molar refractivity (Wildman–Crippen MR) is 35.7 cm³/mol. The van der Waals surface area contributed by atoms with Crippen LogP contribution < -0.4 is 0 Å². The van der Waals surface area contributed by atoms with Gasteiger partial charge in [-0.2, -0.15) is 0 Å². The Morgan fingerprint density at radius 3 is 2.70 bits per heavy atom. The molecule has 0 aromatic heterocycles. The molecular formula is C8H6O2. The Balaban J connectivity index is 2.60. The number of aliphatic hydroxyl groups excluding tert-OH is 1. The predicted octanol–water partition coefficient (Wildman–Crippen LogP) is 0.916. The lowest BCUT2D eigenvalue weighted by atomic mass is 9.84. The number of hydrogen-bond acceptors (Lipinski definition) is 2. The summed E-state index contributed by atoms with van der Waals surface area (Å²) in [5.41, 5.74) is 1.42. The van der Waals surface area contributed by atoms with Crippen LogP contribution in [0, 0.1) is 0 Å². The summed E-state index contributed by atoms with van der Waals surface area (Å²) in [4.78, 5) is 10.8. The summed E-state index contributed by atoms with van der Waals surface area (Å²) in [7, 11) is 0. The fraction of sp³-hybridized carbons (Fsp3) is 0.125. The van der Waals surface area contributed by atoms with Gasteiger partial charge in [-0.25, -0.2) is 0 Å². The Kier molecular flexibility index (Phi) is 0.939. The first-order valence-electron chi connectivity index (χ1n) is 3.12. The van der Waals surface area contributed by atoms with Crippen molar-refractivity contribution in [1.82, 2.24) is 0 Å². The van der Waals surface area contributed by atoms with Crippen LogP contribution >= 0.6 is 0 Å². The number of hydrogen-bond donors (Lipinski definition) is 1. The van der Waals surface area contributed by atoms with Gasteiger partial charge in [0.15, 0.2) is 5.78 Å². The number of carbonyl (C=O) groups is 1. The zero-order valence-corrected chi connectivity index (χ0v) is 5.24. The molecule has 1 N–H and O–H groups in total. The van der Waals surface area contributed by atoms with Gasteiger partial charge in [-0.3, -0.25) is 4.79 Å². The van der Waals surface area contributed by atoms with E-state index in [2.05, 4.69) is 0 Å². The first kappa shape index (κ1) is 5.62. The van der Waals surface area contributed by atoms with Crippen molar-refractivity contribution in [3.8, 4) is 0 Å². The van der Waals surface area contributed by atoms with Crippen molar-refractivity contribution < 1.29 is 9.90 Å². The van der Waals surface area contributed by atoms with Crippen molar-refractivity contribution in [2.75, 3.05) is 0 Å². The highest BCUT2D eigenvalue weighted by Gasteiger charge is 2.33. The molecule has 0 amide bonds. The Labute approximate surface area is 58.1 Å². The second-order valence-electron chi connectivity index (χ2n) is 2.35. The summed E-state index contributed by atoms with van der Waals surface area (Å²) >= 11 is 0. The molecule has 0 spiro atoms. The molecule has 0 heterocycles. The standard InChI is InChI=1S/C8H6O2/c9-7-5-3-1-2-4-6(5)8(7)10/h1-4,7,9H. The Bertz CT molecular complexity index is 291. The smallest absolute Gasteiger partial charge is 0.196 e. The van der Waals surface area contributed by atoms with Gasteiger partial charge in [0, 0.05) is 5.56 Å². The average Bonchev–Trinajstić information content (AvgIpc) is 2.03. The lowest BCUT2D eigenvalue weighted by molar-refractivity contribution is 0.0674. The average molecular weight is 134 g/mol. The minimum Gasteiger partial charge on any atom is -0.380 e. The molecule has 1 aromatic carbocycles. The third kappa shape index (κ3) is 0.491. The number of benzene rings is 1. The molecule has 10 heavy (non-hydrogen) atoms. The van der Waals surface area contributed by atoms with Crippen LogP contribution in [0.25, 0.3) is 0 Å². The first-order chi connectivity index (χ1) is 4.80. The van der Waals surface area contributed by atoms with Crippen molar-refractivity contribution in [2.24, 2.45) is 0 Å². The number of carbonyl (C=O) groups excluding carboxylic acids is 1. The quantitative estimate of drug-likeness (QED) is 0.572. The fourth-order valence-corrected chi connectivity index (χ4v) is 1.17. The first-order valence-corrected chi connectivity index (χ1v) is 3.12. The SMILES string of the molecule is O=C1c2ccccc2C1O. The zero-order chi connectivity index (χ0) is 7.14. The second-order valence-corrected chi connectivity index (χ2v) is 2.35. The Hall–Kier alpha value is -1.15. The topological polar surface area (TPSA) is 37.3 Å². The fourth-order valence-electron chi connectivity index (χ4n) is 1.17. The monoisotopic (exact) mass is 134 g/mol. The van der Waals surface area contributed by atoms with E-state index in [0.29, 0.717) is 5.56 Å². The summed E-state index contributed by atoms with van der Waals surface area (Å²) in [6, 6.07) is 7.10. The molecular weight excluding hydrogens is 128 g/mol. The van der Waals surface area contributed by atoms with Crippen LogP contribution in [0.3, 0.4) is 0 Å². The van der Waals surface area contributed by atoms with E-state index in [1.807, 2.05) is 6.07 Å². The zero-order valence-electron chi connectivity index (χ0n) is 5.24. The molecule has 2 heteroatoms. The van der Waals surface area contributed by atoms with E-state index in [0.717, 1.165) is 5.56 Å². The third-order valence-corrected chi connectivity index (χ3v) is 1.77. The van der Waals surface area contributed by atoms with Crippen LogP contribution in [-0.2, 0) is 0 Å². The van der Waals surface area contributed by atoms with Crippen LogP contribution in [-0.4, -0.2) is 10.9 Å². The van der Waals surface area contributed by atoms with E-state index in [-0.39, 0.29) is 5.78 Å². The molecule has 2 rings (SSSR count). The molecule has 0 saturated carbocycles. The Morgan fingerprint density at radius 1 is 1.30 bits per heavy atom. The van der Waals surface area contributed by atoms with Gasteiger partial charge >= 0.3 is 0 Å². The summed E-state index contributed by atoms with van der Waals surface area (Å²) < 4.78 is 0. The Morgan fingerprint density at radius 2 is 2.00 bits per heavy atom. The molecule has 0 radical (unpaired) electrons. The van der Waals surface area contributed by atoms with E-state index < -0.39 is 6.10 Å². The molecule has 0 saturated heterocycles. The van der Waals surface area contributed by atoms with E-state index in [1.165, 1.54) is 0 Å². The molecule has 50 valence electrons. The van der Waals surface area contributed by atoms with Crippen molar-refractivity contribution >= 4 is 5.78 Å². The van der Waals surface area contributed by atoms with Crippen LogP contribution in [0.4, 0.5) is 0 Å². The summed E-state index contributed by atoms with van der Waals surface area (Å²) in [5.74, 6) is -0.157. The van der Waals surface area contributed by atoms with Crippen LogP contribution in [0.5, 0.6) is 0 Å². The van der Waals surface area contributed by atoms with E-state index in [1.54, 1.807) is 18.2 Å². The van der Waals surface area contributed by atoms with E-state index in [9.17, 15) is 4.79 Å². The number of ketones is 1. The van der Waals surface area contributed by atoms with Gasteiger partial charge in [-0.05, 0) is 5.56 Å². The lowest BCUT2D eigenvalue weighted by Gasteiger charge is -2.22. The maximum Gasteiger partial charge on any atom is 0.196 e. The molecule has 1 aliphatic carbocycles. The van der Waals surface area contributed by atoms with Crippen molar-refractivity contribution in [1.29, 1.82) is 0 Å². The molecule has 2 nitrogen and oxygen atoms in total. The molecule has 0 fully saturated rings. The van der Waals surface area contributed by atoms with Crippen LogP contribution in [0.2, 0.25) is 0 Å². The van der Waals surface area contributed by atoms with E-state index in [4.69, 9.17) is 5.11 Å². The normalized spacial score (nSPS) is 21.7. The van der Waals surface area contributed by atoms with Crippen molar-refractivity contribution in [2.45, 2.75) is 6.10 Å². The number of aliphatic hydroxyl groups is 1. The number of rotatable bonds is 0. The minimum atomic E-state index is -0.851. The summed E-state index contributed by atoms with van der Waals surface area (Å²) in [6.45, 7) is 0. The molecule has 0 aliphatic heterocycles. The summed E-state index contributed by atoms with van der Waals surface area (Å²) in [5, 5.41) is 9.02. The number of Topliss-reactive ketones (excluding diaryl/α,β-unsaturated/α-hetero) is 1. The highest BCUT2D eigenvalue weighted by atomic mass is 16.3. The molecule has 1 unspecified atom stereocenters. The maximum absolute atomic E-state index is 10.8. The van der Waals surface area contributed by atoms with E-state index >= 15 is 0 Å². The highest BCUT2D eigenvalue weighted by molar-refractivity contribution is 6.09. The van der Waals surface area contributed by atoms with Crippen LogP contribution in [0.1, 0.15) is 22.0 Å². The largest absolute Gasteiger partial charge is 0.380 e. The highest BCUT2D eigenvalue weighted by Crippen LogP contribution is 2.31. The van der Waals surface area contributed by atoms with Gasteiger partial charge in [-0.1, -0.05) is 24.3 Å². The van der Waals surface area contributed by atoms with Gasteiger partial charge in [0.25, 0.3) is 0 Å². The van der Waals surface area contributed by atoms with Crippen molar-refractivity contribution in [3.05, 3.63) is 35.4 Å². The molecule has 1 atom stereocenters. The van der Waals surface area contributed by atoms with Gasteiger partial charge in [0.2, 0.25) is 0 Å².